The summed E-state index contributed by atoms with van der Waals surface area (Å²) in [5.41, 5.74) is 2.28. The standard InChI is InChI=1S/C13H18N4O/c1-8-9(2)16-17-13(10(8)7-14)15-11-5-4-6-12(11)18-3/h11-12H,4-6H2,1-3H3,(H,15,17). The van der Waals surface area contributed by atoms with Gasteiger partial charge in [-0.1, -0.05) is 0 Å². The highest BCUT2D eigenvalue weighted by Gasteiger charge is 2.28. The van der Waals surface area contributed by atoms with Crippen LogP contribution in [0.5, 0.6) is 0 Å². The molecule has 1 N–H and O–H groups in total. The molecule has 1 heterocycles. The minimum Gasteiger partial charge on any atom is -0.379 e. The van der Waals surface area contributed by atoms with E-state index in [4.69, 9.17) is 4.74 Å². The van der Waals surface area contributed by atoms with Crippen molar-refractivity contribution in [1.29, 1.82) is 5.26 Å². The van der Waals surface area contributed by atoms with Crippen LogP contribution in [0.1, 0.15) is 36.1 Å². The monoisotopic (exact) mass is 246 g/mol. The molecule has 2 atom stereocenters. The number of nitriles is 1. The minimum absolute atomic E-state index is 0.194. The Morgan fingerprint density at radius 3 is 2.78 bits per heavy atom. The zero-order chi connectivity index (χ0) is 13.1. The van der Waals surface area contributed by atoms with Crippen molar-refractivity contribution in [2.45, 2.75) is 45.3 Å². The van der Waals surface area contributed by atoms with Crippen molar-refractivity contribution in [3.63, 3.8) is 0 Å². The Bertz CT molecular complexity index is 481. The van der Waals surface area contributed by atoms with Crippen LogP contribution >= 0.6 is 0 Å². The zero-order valence-corrected chi connectivity index (χ0v) is 11.0. The lowest BCUT2D eigenvalue weighted by Gasteiger charge is -2.20. The first-order valence-corrected chi connectivity index (χ1v) is 6.20. The van der Waals surface area contributed by atoms with Crippen LogP contribution in [0.4, 0.5) is 5.82 Å². The molecule has 1 aliphatic rings. The van der Waals surface area contributed by atoms with Crippen molar-refractivity contribution in [3.8, 4) is 6.07 Å². The largest absolute Gasteiger partial charge is 0.379 e. The van der Waals surface area contributed by atoms with Gasteiger partial charge in [0.05, 0.1) is 17.8 Å². The average molecular weight is 246 g/mol. The van der Waals surface area contributed by atoms with Crippen LogP contribution < -0.4 is 5.32 Å². The number of methoxy groups -OCH3 is 1. The van der Waals surface area contributed by atoms with Gasteiger partial charge in [0, 0.05) is 7.11 Å². The van der Waals surface area contributed by atoms with Crippen molar-refractivity contribution in [1.82, 2.24) is 10.2 Å². The van der Waals surface area contributed by atoms with Crippen molar-refractivity contribution in [3.05, 3.63) is 16.8 Å². The van der Waals surface area contributed by atoms with E-state index in [2.05, 4.69) is 21.6 Å². The molecule has 1 aromatic heterocycles. The van der Waals surface area contributed by atoms with Gasteiger partial charge in [-0.2, -0.15) is 10.4 Å². The summed E-state index contributed by atoms with van der Waals surface area (Å²) in [6.45, 7) is 3.76. The van der Waals surface area contributed by atoms with Gasteiger partial charge >= 0.3 is 0 Å². The summed E-state index contributed by atoms with van der Waals surface area (Å²) in [5.74, 6) is 0.578. The number of hydrogen-bond acceptors (Lipinski definition) is 5. The molecule has 1 aromatic rings. The third-order valence-electron chi connectivity index (χ3n) is 3.64. The molecule has 0 spiro atoms. The third-order valence-corrected chi connectivity index (χ3v) is 3.64. The summed E-state index contributed by atoms with van der Waals surface area (Å²) < 4.78 is 5.43. The second-order valence-corrected chi connectivity index (χ2v) is 4.70. The predicted octanol–water partition coefficient (Wildman–Crippen LogP) is 1.94. The van der Waals surface area contributed by atoms with Crippen molar-refractivity contribution < 1.29 is 4.74 Å². The highest BCUT2D eigenvalue weighted by atomic mass is 16.5. The molecule has 5 nitrogen and oxygen atoms in total. The van der Waals surface area contributed by atoms with Crippen molar-refractivity contribution in [2.75, 3.05) is 12.4 Å². The lowest BCUT2D eigenvalue weighted by molar-refractivity contribution is 0.101. The van der Waals surface area contributed by atoms with E-state index in [9.17, 15) is 5.26 Å². The molecule has 2 unspecified atom stereocenters. The van der Waals surface area contributed by atoms with Crippen LogP contribution in [0, 0.1) is 25.2 Å². The van der Waals surface area contributed by atoms with E-state index < -0.39 is 0 Å². The van der Waals surface area contributed by atoms with Crippen LogP contribution in [0.15, 0.2) is 0 Å². The first kappa shape index (κ1) is 12.8. The van der Waals surface area contributed by atoms with E-state index in [0.717, 1.165) is 30.5 Å². The van der Waals surface area contributed by atoms with Crippen LogP contribution in [-0.2, 0) is 4.74 Å². The maximum atomic E-state index is 9.23. The number of nitrogens with one attached hydrogen (secondary N) is 1. The first-order valence-electron chi connectivity index (χ1n) is 6.20. The van der Waals surface area contributed by atoms with Crippen LogP contribution in [-0.4, -0.2) is 29.5 Å². The molecule has 2 rings (SSSR count). The average Bonchev–Trinajstić information content (AvgIpc) is 2.81. The number of nitrogens with zero attached hydrogens (tertiary/aromatic N) is 3. The minimum atomic E-state index is 0.194. The van der Waals surface area contributed by atoms with Crippen LogP contribution in [0.2, 0.25) is 0 Å². The number of ether oxygens (including phenoxy) is 1. The normalized spacial score (nSPS) is 22.8. The van der Waals surface area contributed by atoms with Crippen LogP contribution in [0.3, 0.4) is 0 Å². The highest BCUT2D eigenvalue weighted by Crippen LogP contribution is 2.26. The topological polar surface area (TPSA) is 70.8 Å². The van der Waals surface area contributed by atoms with E-state index in [1.165, 1.54) is 0 Å². The smallest absolute Gasteiger partial charge is 0.167 e. The second kappa shape index (κ2) is 5.32. The molecule has 1 saturated carbocycles. The molecular formula is C13H18N4O. The fourth-order valence-electron chi connectivity index (χ4n) is 2.40. The van der Waals surface area contributed by atoms with Gasteiger partial charge in [-0.05, 0) is 38.7 Å². The second-order valence-electron chi connectivity index (χ2n) is 4.70. The number of hydrogen-bond donors (Lipinski definition) is 1. The van der Waals surface area contributed by atoms with Gasteiger partial charge < -0.3 is 10.1 Å². The Morgan fingerprint density at radius 2 is 2.11 bits per heavy atom. The predicted molar refractivity (Wildman–Crippen MR) is 68.3 cm³/mol. The Balaban J connectivity index is 2.24. The van der Waals surface area contributed by atoms with Gasteiger partial charge in [0.15, 0.2) is 5.82 Å². The van der Waals surface area contributed by atoms with Gasteiger partial charge in [-0.15, -0.1) is 5.10 Å². The lowest BCUT2D eigenvalue weighted by atomic mass is 10.1. The van der Waals surface area contributed by atoms with E-state index in [0.29, 0.717) is 11.4 Å². The first-order chi connectivity index (χ1) is 8.67. The van der Waals surface area contributed by atoms with Gasteiger partial charge in [0.25, 0.3) is 0 Å². The van der Waals surface area contributed by atoms with E-state index in [1.807, 2.05) is 13.8 Å². The Morgan fingerprint density at radius 1 is 1.33 bits per heavy atom. The number of anilines is 1. The number of rotatable bonds is 3. The Kier molecular flexibility index (Phi) is 3.78. The molecule has 1 fully saturated rings. The maximum Gasteiger partial charge on any atom is 0.167 e. The zero-order valence-electron chi connectivity index (χ0n) is 11.0. The number of aromatic nitrogens is 2. The molecule has 0 aromatic carbocycles. The molecule has 0 saturated heterocycles. The van der Waals surface area contributed by atoms with Gasteiger partial charge in [0.2, 0.25) is 0 Å². The summed E-state index contributed by atoms with van der Waals surface area (Å²) in [4.78, 5) is 0. The molecule has 0 aliphatic heterocycles. The van der Waals surface area contributed by atoms with Gasteiger partial charge in [-0.3, -0.25) is 0 Å². The van der Waals surface area contributed by atoms with E-state index in [-0.39, 0.29) is 12.1 Å². The van der Waals surface area contributed by atoms with Gasteiger partial charge in [-0.25, -0.2) is 0 Å². The van der Waals surface area contributed by atoms with Crippen LogP contribution in [0.25, 0.3) is 0 Å². The Hall–Kier alpha value is -1.67. The lowest BCUT2D eigenvalue weighted by Crippen LogP contribution is -2.30. The molecule has 0 radical (unpaired) electrons. The van der Waals surface area contributed by atoms with Gasteiger partial charge in [0.1, 0.15) is 11.6 Å². The molecule has 18 heavy (non-hydrogen) atoms. The summed E-state index contributed by atoms with van der Waals surface area (Å²) in [6.07, 6.45) is 3.42. The van der Waals surface area contributed by atoms with Crippen molar-refractivity contribution in [2.24, 2.45) is 0 Å². The summed E-state index contributed by atoms with van der Waals surface area (Å²) in [5, 5.41) is 20.7. The fourth-order valence-corrected chi connectivity index (χ4v) is 2.40. The molecule has 0 amide bonds. The third kappa shape index (κ3) is 2.29. The maximum absolute atomic E-state index is 9.23. The molecule has 5 heteroatoms. The molecule has 0 bridgehead atoms. The summed E-state index contributed by atoms with van der Waals surface area (Å²) in [6, 6.07) is 2.43. The highest BCUT2D eigenvalue weighted by molar-refractivity contribution is 5.56. The summed E-state index contributed by atoms with van der Waals surface area (Å²) >= 11 is 0. The van der Waals surface area contributed by atoms with E-state index >= 15 is 0 Å². The summed E-state index contributed by atoms with van der Waals surface area (Å²) in [7, 11) is 1.72. The molecule has 96 valence electrons. The molecular weight excluding hydrogens is 228 g/mol. The molecule has 1 aliphatic carbocycles. The SMILES string of the molecule is COC1CCCC1Nc1nnc(C)c(C)c1C#N. The Labute approximate surface area is 107 Å². The number of aryl methyl sites for hydroxylation is 1. The van der Waals surface area contributed by atoms with Crippen molar-refractivity contribution >= 4 is 5.82 Å². The van der Waals surface area contributed by atoms with E-state index in [1.54, 1.807) is 7.11 Å². The fraction of sp³-hybridized carbons (Fsp3) is 0.615. The quantitative estimate of drug-likeness (QED) is 0.882.